The quantitative estimate of drug-likeness (QED) is 0.542. The summed E-state index contributed by atoms with van der Waals surface area (Å²) in [5.41, 5.74) is 0. The van der Waals surface area contributed by atoms with Crippen molar-refractivity contribution in [3.63, 3.8) is 0 Å². The van der Waals surface area contributed by atoms with Gasteiger partial charge >= 0.3 is 5.97 Å². The molecule has 0 atom stereocenters. The molecule has 0 heterocycles. The van der Waals surface area contributed by atoms with E-state index in [4.69, 9.17) is 5.11 Å². The van der Waals surface area contributed by atoms with Crippen molar-refractivity contribution >= 4 is 24.0 Å². The van der Waals surface area contributed by atoms with Crippen LogP contribution in [0.5, 0.6) is 0 Å². The van der Waals surface area contributed by atoms with Gasteiger partial charge in [0, 0.05) is 4.91 Å². The van der Waals surface area contributed by atoms with Crippen LogP contribution in [0.4, 0.5) is 0 Å². The first-order chi connectivity index (χ1) is 5.57. The van der Waals surface area contributed by atoms with Gasteiger partial charge in [-0.3, -0.25) is 4.79 Å². The summed E-state index contributed by atoms with van der Waals surface area (Å²) in [6.07, 6.45) is 0.485. The molecule has 0 bridgehead atoms. The van der Waals surface area contributed by atoms with Gasteiger partial charge in [0.05, 0.1) is 4.91 Å². The first kappa shape index (κ1) is 13.6. The number of hydrogen-bond donors (Lipinski definition) is 1. The highest BCUT2D eigenvalue weighted by Gasteiger charge is 2.05. The number of thioether (sulfide) groups is 1. The van der Waals surface area contributed by atoms with Gasteiger partial charge in [-0.2, -0.15) is 0 Å². The number of carbonyl (C=O) groups is 2. The van der Waals surface area contributed by atoms with Crippen molar-refractivity contribution in [2.45, 2.75) is 13.8 Å². The van der Waals surface area contributed by atoms with Gasteiger partial charge < -0.3 is 5.11 Å². The lowest BCUT2D eigenvalue weighted by molar-refractivity contribution is -0.131. The molecule has 0 aromatic heterocycles. The fraction of sp³-hybridized carbons (Fsp3) is 0.250. The molecule has 0 rings (SSSR count). The summed E-state index contributed by atoms with van der Waals surface area (Å²) in [6.45, 7) is 10.5. The summed E-state index contributed by atoms with van der Waals surface area (Å²) in [6, 6.07) is 0. The third-order valence-electron chi connectivity index (χ3n) is 0.624. The van der Waals surface area contributed by atoms with Gasteiger partial charge in [0.15, 0.2) is 6.29 Å². The SMILES string of the molecule is C=C(C=O)SC(=C)C(=O)O.CC. The second-order valence-corrected chi connectivity index (χ2v) is 2.64. The molecule has 0 radical (unpaired) electrons. The van der Waals surface area contributed by atoms with E-state index in [1.807, 2.05) is 13.8 Å². The molecule has 0 fully saturated rings. The second-order valence-electron chi connectivity index (χ2n) is 1.41. The van der Waals surface area contributed by atoms with Crippen LogP contribution in [0.25, 0.3) is 0 Å². The average Bonchev–Trinajstić information content (AvgIpc) is 2.07. The van der Waals surface area contributed by atoms with Gasteiger partial charge in [-0.15, -0.1) is 0 Å². The van der Waals surface area contributed by atoms with Crippen LogP contribution in [0.15, 0.2) is 23.0 Å². The van der Waals surface area contributed by atoms with Crippen LogP contribution in [-0.4, -0.2) is 17.4 Å². The number of carboxylic acid groups (broad SMARTS) is 1. The number of allylic oxidation sites excluding steroid dienone is 1. The van der Waals surface area contributed by atoms with Gasteiger partial charge in [0.2, 0.25) is 0 Å². The predicted octanol–water partition coefficient (Wildman–Crippen LogP) is 2.06. The maximum absolute atomic E-state index is 10.1. The first-order valence-electron chi connectivity index (χ1n) is 3.32. The summed E-state index contributed by atoms with van der Waals surface area (Å²) < 4.78 is 0. The normalized spacial score (nSPS) is 7.50. The third kappa shape index (κ3) is 7.08. The first-order valence-corrected chi connectivity index (χ1v) is 4.13. The summed E-state index contributed by atoms with van der Waals surface area (Å²) in [5, 5.41) is 8.25. The predicted molar refractivity (Wildman–Crippen MR) is 50.9 cm³/mol. The van der Waals surface area contributed by atoms with E-state index < -0.39 is 5.97 Å². The Morgan fingerprint density at radius 3 is 2.08 bits per heavy atom. The van der Waals surface area contributed by atoms with Gasteiger partial charge in [0.1, 0.15) is 0 Å². The second kappa shape index (κ2) is 8.07. The van der Waals surface area contributed by atoms with Crippen LogP contribution in [0, 0.1) is 0 Å². The van der Waals surface area contributed by atoms with Gasteiger partial charge in [0.25, 0.3) is 0 Å². The Balaban J connectivity index is 0. The van der Waals surface area contributed by atoms with E-state index in [0.717, 1.165) is 11.8 Å². The Morgan fingerprint density at radius 2 is 1.83 bits per heavy atom. The van der Waals surface area contributed by atoms with E-state index in [-0.39, 0.29) is 9.81 Å². The number of aliphatic carboxylic acids is 1. The standard InChI is InChI=1S/C6H6O3S.C2H6/c1-4(3-7)10-5(2)6(8)9;1-2/h3H,1-2H2,(H,8,9);1-2H3. The van der Waals surface area contributed by atoms with Gasteiger partial charge in [-0.1, -0.05) is 38.8 Å². The molecule has 68 valence electrons. The van der Waals surface area contributed by atoms with Crippen molar-refractivity contribution < 1.29 is 14.7 Å². The van der Waals surface area contributed by atoms with E-state index in [1.54, 1.807) is 0 Å². The van der Waals surface area contributed by atoms with Crippen LogP contribution >= 0.6 is 11.8 Å². The van der Waals surface area contributed by atoms with E-state index in [0.29, 0.717) is 6.29 Å². The van der Waals surface area contributed by atoms with E-state index in [9.17, 15) is 9.59 Å². The molecule has 0 spiro atoms. The van der Waals surface area contributed by atoms with Crippen molar-refractivity contribution in [3.8, 4) is 0 Å². The molecule has 0 aliphatic heterocycles. The maximum Gasteiger partial charge on any atom is 0.341 e. The molecular weight excluding hydrogens is 176 g/mol. The highest BCUT2D eigenvalue weighted by molar-refractivity contribution is 8.08. The molecule has 0 saturated heterocycles. The van der Waals surface area contributed by atoms with Gasteiger partial charge in [-0.05, 0) is 0 Å². The lowest BCUT2D eigenvalue weighted by Gasteiger charge is -1.94. The molecule has 0 saturated carbocycles. The minimum absolute atomic E-state index is 0.0999. The Bertz CT molecular complexity index is 196. The van der Waals surface area contributed by atoms with E-state index >= 15 is 0 Å². The van der Waals surface area contributed by atoms with Crippen LogP contribution in [0.1, 0.15) is 13.8 Å². The molecule has 0 aromatic rings. The Labute approximate surface area is 76.2 Å². The molecule has 0 amide bonds. The summed E-state index contributed by atoms with van der Waals surface area (Å²) in [7, 11) is 0. The molecule has 0 aromatic carbocycles. The number of aldehydes is 1. The number of carbonyl (C=O) groups excluding carboxylic acids is 1. The lowest BCUT2D eigenvalue weighted by Crippen LogP contribution is -1.94. The largest absolute Gasteiger partial charge is 0.477 e. The van der Waals surface area contributed by atoms with Crippen LogP contribution in [0.2, 0.25) is 0 Å². The number of rotatable bonds is 4. The molecule has 4 heteroatoms. The molecule has 1 N–H and O–H groups in total. The van der Waals surface area contributed by atoms with Crippen LogP contribution in [-0.2, 0) is 9.59 Å². The number of hydrogen-bond acceptors (Lipinski definition) is 3. The van der Waals surface area contributed by atoms with E-state index in [1.165, 1.54) is 0 Å². The Kier molecular flexibility index (Phi) is 9.11. The van der Waals surface area contributed by atoms with Crippen LogP contribution < -0.4 is 0 Å². The molecule has 12 heavy (non-hydrogen) atoms. The van der Waals surface area contributed by atoms with Crippen molar-refractivity contribution in [1.29, 1.82) is 0 Å². The highest BCUT2D eigenvalue weighted by atomic mass is 32.2. The van der Waals surface area contributed by atoms with Gasteiger partial charge in [-0.25, -0.2) is 4.79 Å². The fourth-order valence-corrected chi connectivity index (χ4v) is 0.678. The summed E-state index contributed by atoms with van der Waals surface area (Å²) >= 11 is 0.751. The van der Waals surface area contributed by atoms with Crippen molar-refractivity contribution in [3.05, 3.63) is 23.0 Å². The lowest BCUT2D eigenvalue weighted by atomic mass is 10.7. The van der Waals surface area contributed by atoms with Crippen molar-refractivity contribution in [1.82, 2.24) is 0 Å². The summed E-state index contributed by atoms with van der Waals surface area (Å²) in [5.74, 6) is -1.13. The third-order valence-corrected chi connectivity index (χ3v) is 1.40. The van der Waals surface area contributed by atoms with Crippen molar-refractivity contribution in [2.75, 3.05) is 0 Å². The van der Waals surface area contributed by atoms with Crippen molar-refractivity contribution in [2.24, 2.45) is 0 Å². The number of carboxylic acids is 1. The summed E-state index contributed by atoms with van der Waals surface area (Å²) in [4.78, 5) is 20.0. The zero-order chi connectivity index (χ0) is 10.1. The highest BCUT2D eigenvalue weighted by Crippen LogP contribution is 2.19. The van der Waals surface area contributed by atoms with Crippen LogP contribution in [0.3, 0.4) is 0 Å². The monoisotopic (exact) mass is 188 g/mol. The smallest absolute Gasteiger partial charge is 0.341 e. The molecule has 0 aliphatic carbocycles. The molecule has 0 aliphatic rings. The minimum Gasteiger partial charge on any atom is -0.477 e. The zero-order valence-corrected chi connectivity index (χ0v) is 7.98. The molecular formula is C8H12O3S. The maximum atomic E-state index is 10.1. The molecule has 0 unspecified atom stereocenters. The Morgan fingerprint density at radius 1 is 1.42 bits per heavy atom. The zero-order valence-electron chi connectivity index (χ0n) is 7.16. The minimum atomic E-state index is -1.13. The van der Waals surface area contributed by atoms with E-state index in [2.05, 4.69) is 13.2 Å². The molecule has 3 nitrogen and oxygen atoms in total. The topological polar surface area (TPSA) is 54.4 Å². The fourth-order valence-electron chi connectivity index (χ4n) is 0.226. The average molecular weight is 188 g/mol. The Hall–Kier alpha value is -1.03.